The Labute approximate surface area is 66.9 Å². The molecule has 0 radical (unpaired) electrons. The molecule has 0 aromatic heterocycles. The first-order valence-corrected chi connectivity index (χ1v) is 3.88. The van der Waals surface area contributed by atoms with Crippen molar-refractivity contribution in [2.75, 3.05) is 0 Å². The zero-order valence-electron chi connectivity index (χ0n) is 6.33. The third kappa shape index (κ3) is 1.25. The lowest BCUT2D eigenvalue weighted by Gasteiger charge is -1.97. The van der Waals surface area contributed by atoms with Crippen LogP contribution in [0.25, 0.3) is 0 Å². The first-order valence-electron chi connectivity index (χ1n) is 3.88. The molecule has 0 bridgehead atoms. The summed E-state index contributed by atoms with van der Waals surface area (Å²) in [5.41, 5.74) is 2.77. The smallest absolute Gasteiger partial charge is 0.00882 e. The first kappa shape index (κ1) is 6.41. The van der Waals surface area contributed by atoms with Gasteiger partial charge in [0.2, 0.25) is 0 Å². The van der Waals surface area contributed by atoms with Crippen LogP contribution in [0, 0.1) is 0 Å². The van der Waals surface area contributed by atoms with Gasteiger partial charge in [0, 0.05) is 0 Å². The maximum Gasteiger partial charge on any atom is -0.00882 e. The van der Waals surface area contributed by atoms with Crippen molar-refractivity contribution >= 4 is 0 Å². The SMILES string of the molecule is C1=CC2=C/C=C\C=C/C=C\2C1. The van der Waals surface area contributed by atoms with Gasteiger partial charge in [-0.3, -0.25) is 0 Å². The summed E-state index contributed by atoms with van der Waals surface area (Å²) in [6.07, 6.45) is 18.1. The number of hydrogen-bond acceptors (Lipinski definition) is 0. The lowest BCUT2D eigenvalue weighted by molar-refractivity contribution is 1.31. The Morgan fingerprint density at radius 2 is 1.73 bits per heavy atom. The van der Waals surface area contributed by atoms with E-state index in [-0.39, 0.29) is 0 Å². The molecule has 2 aliphatic rings. The van der Waals surface area contributed by atoms with Crippen molar-refractivity contribution in [1.29, 1.82) is 0 Å². The van der Waals surface area contributed by atoms with Crippen molar-refractivity contribution in [2.24, 2.45) is 0 Å². The molecular formula is C11H10. The molecule has 0 N–H and O–H groups in total. The summed E-state index contributed by atoms with van der Waals surface area (Å²) < 4.78 is 0. The summed E-state index contributed by atoms with van der Waals surface area (Å²) >= 11 is 0. The van der Waals surface area contributed by atoms with Crippen LogP contribution < -0.4 is 0 Å². The van der Waals surface area contributed by atoms with Crippen LogP contribution in [0.2, 0.25) is 0 Å². The normalized spacial score (nSPS) is 35.6. The summed E-state index contributed by atoms with van der Waals surface area (Å²) in [5, 5.41) is 0. The zero-order chi connectivity index (χ0) is 7.52. The predicted octanol–water partition coefficient (Wildman–Crippen LogP) is 2.93. The molecule has 0 fully saturated rings. The quantitative estimate of drug-likeness (QED) is 0.488. The van der Waals surface area contributed by atoms with E-state index in [9.17, 15) is 0 Å². The first-order chi connectivity index (χ1) is 5.47. The van der Waals surface area contributed by atoms with E-state index in [2.05, 4.69) is 42.5 Å². The Balaban J connectivity index is 2.41. The Kier molecular flexibility index (Phi) is 1.60. The van der Waals surface area contributed by atoms with Crippen LogP contribution in [-0.2, 0) is 0 Å². The second-order valence-corrected chi connectivity index (χ2v) is 2.69. The Hall–Kier alpha value is -1.30. The minimum absolute atomic E-state index is 1.09. The fourth-order valence-corrected chi connectivity index (χ4v) is 1.32. The van der Waals surface area contributed by atoms with Crippen molar-refractivity contribution in [1.82, 2.24) is 0 Å². The van der Waals surface area contributed by atoms with E-state index in [4.69, 9.17) is 0 Å². The fraction of sp³-hybridized carbons (Fsp3) is 0.0909. The van der Waals surface area contributed by atoms with Crippen molar-refractivity contribution in [3.63, 3.8) is 0 Å². The van der Waals surface area contributed by atoms with E-state index >= 15 is 0 Å². The summed E-state index contributed by atoms with van der Waals surface area (Å²) in [6, 6.07) is 0. The predicted molar refractivity (Wildman–Crippen MR) is 48.2 cm³/mol. The van der Waals surface area contributed by atoms with Crippen molar-refractivity contribution < 1.29 is 0 Å². The van der Waals surface area contributed by atoms with E-state index < -0.39 is 0 Å². The molecule has 0 saturated heterocycles. The van der Waals surface area contributed by atoms with E-state index in [1.165, 1.54) is 11.1 Å². The van der Waals surface area contributed by atoms with Crippen LogP contribution in [0.1, 0.15) is 6.42 Å². The highest BCUT2D eigenvalue weighted by atomic mass is 14.1. The van der Waals surface area contributed by atoms with Gasteiger partial charge >= 0.3 is 0 Å². The molecule has 0 saturated carbocycles. The van der Waals surface area contributed by atoms with E-state index in [0.29, 0.717) is 0 Å². The highest BCUT2D eigenvalue weighted by Crippen LogP contribution is 2.23. The topological polar surface area (TPSA) is 0 Å². The third-order valence-corrected chi connectivity index (χ3v) is 1.91. The molecule has 54 valence electrons. The largest absolute Gasteiger partial charge is 0.0795 e. The highest BCUT2D eigenvalue weighted by molar-refractivity contribution is 5.50. The van der Waals surface area contributed by atoms with Gasteiger partial charge in [0.25, 0.3) is 0 Å². The molecule has 0 spiro atoms. The molecule has 0 heteroatoms. The van der Waals surface area contributed by atoms with Gasteiger partial charge in [-0.25, -0.2) is 0 Å². The van der Waals surface area contributed by atoms with Crippen LogP contribution in [0.3, 0.4) is 0 Å². The molecule has 0 unspecified atom stereocenters. The Morgan fingerprint density at radius 3 is 2.64 bits per heavy atom. The van der Waals surface area contributed by atoms with Crippen LogP contribution in [0.5, 0.6) is 0 Å². The van der Waals surface area contributed by atoms with Gasteiger partial charge in [-0.2, -0.15) is 0 Å². The fourth-order valence-electron chi connectivity index (χ4n) is 1.32. The van der Waals surface area contributed by atoms with E-state index in [1.807, 2.05) is 6.08 Å². The van der Waals surface area contributed by atoms with Crippen molar-refractivity contribution in [3.8, 4) is 0 Å². The van der Waals surface area contributed by atoms with Crippen LogP contribution in [0.4, 0.5) is 0 Å². The second kappa shape index (κ2) is 2.75. The minimum atomic E-state index is 1.09. The van der Waals surface area contributed by atoms with Crippen molar-refractivity contribution in [3.05, 3.63) is 59.8 Å². The summed E-state index contributed by atoms with van der Waals surface area (Å²) in [4.78, 5) is 0. The van der Waals surface area contributed by atoms with Gasteiger partial charge < -0.3 is 0 Å². The van der Waals surface area contributed by atoms with Crippen LogP contribution >= 0.6 is 0 Å². The van der Waals surface area contributed by atoms with Gasteiger partial charge in [-0.15, -0.1) is 0 Å². The maximum absolute atomic E-state index is 2.20. The minimum Gasteiger partial charge on any atom is -0.0795 e. The average Bonchev–Trinajstić information content (AvgIpc) is 2.35. The molecule has 0 aromatic carbocycles. The highest BCUT2D eigenvalue weighted by Gasteiger charge is 2.04. The molecule has 2 aliphatic carbocycles. The molecule has 0 nitrogen and oxygen atoms in total. The average molecular weight is 142 g/mol. The van der Waals surface area contributed by atoms with Gasteiger partial charge in [0.05, 0.1) is 0 Å². The maximum atomic E-state index is 2.20. The Morgan fingerprint density at radius 1 is 0.909 bits per heavy atom. The molecule has 0 heterocycles. The lowest BCUT2D eigenvalue weighted by atomic mass is 10.1. The number of hydrogen-bond donors (Lipinski definition) is 0. The zero-order valence-corrected chi connectivity index (χ0v) is 6.33. The van der Waals surface area contributed by atoms with Gasteiger partial charge in [-0.1, -0.05) is 48.6 Å². The van der Waals surface area contributed by atoms with Gasteiger partial charge in [0.15, 0.2) is 0 Å². The van der Waals surface area contributed by atoms with Gasteiger partial charge in [0.1, 0.15) is 0 Å². The van der Waals surface area contributed by atoms with Crippen LogP contribution in [0.15, 0.2) is 59.8 Å². The van der Waals surface area contributed by atoms with Crippen molar-refractivity contribution in [2.45, 2.75) is 6.42 Å². The number of fused-ring (bicyclic) bond motifs is 1. The summed E-state index contributed by atoms with van der Waals surface area (Å²) in [5.74, 6) is 0. The lowest BCUT2D eigenvalue weighted by Crippen LogP contribution is -1.78. The van der Waals surface area contributed by atoms with Crippen LogP contribution in [-0.4, -0.2) is 0 Å². The molecule has 2 rings (SSSR count). The Bertz CT molecular complexity index is 296. The molecule has 0 atom stereocenters. The molecular weight excluding hydrogens is 132 g/mol. The molecule has 11 heavy (non-hydrogen) atoms. The number of rotatable bonds is 0. The molecule has 0 aromatic rings. The molecule has 0 aliphatic heterocycles. The molecule has 0 amide bonds. The van der Waals surface area contributed by atoms with Gasteiger partial charge in [-0.05, 0) is 17.6 Å². The number of allylic oxidation sites excluding steroid dienone is 10. The van der Waals surface area contributed by atoms with E-state index in [1.54, 1.807) is 0 Å². The standard InChI is InChI=1S/C11H10/c1-2-4-7-11-9-5-8-10(11)6-3-1/h1-8H,9H2/b2-1?,3-1-,4-2-,6-3?,7-4?,10-6-,11-7-. The third-order valence-electron chi connectivity index (χ3n) is 1.91. The monoisotopic (exact) mass is 142 g/mol. The summed E-state index contributed by atoms with van der Waals surface area (Å²) in [6.45, 7) is 0. The van der Waals surface area contributed by atoms with E-state index in [0.717, 1.165) is 6.42 Å². The second-order valence-electron chi connectivity index (χ2n) is 2.69. The summed E-state index contributed by atoms with van der Waals surface area (Å²) in [7, 11) is 0.